The highest BCUT2D eigenvalue weighted by molar-refractivity contribution is 14.1. The maximum atomic E-state index is 14.4. The average Bonchev–Trinajstić information content (AvgIpc) is 4.12. The molecule has 2 aromatic heterocycles. The summed E-state index contributed by atoms with van der Waals surface area (Å²) in [6.07, 6.45) is 5.24. The lowest BCUT2D eigenvalue weighted by molar-refractivity contribution is -0.139. The Morgan fingerprint density at radius 2 is 1.63 bits per heavy atom. The molecule has 7 atom stereocenters. The zero-order valence-corrected chi connectivity index (χ0v) is 38.2. The number of halogens is 1. The summed E-state index contributed by atoms with van der Waals surface area (Å²) in [6, 6.07) is 12.5. The molecule has 5 aromatic rings. The minimum absolute atomic E-state index is 0.0182. The Morgan fingerprint density at radius 1 is 0.873 bits per heavy atom. The molecule has 0 radical (unpaired) electrons. The van der Waals surface area contributed by atoms with E-state index in [2.05, 4.69) is 57.0 Å². The van der Waals surface area contributed by atoms with E-state index in [0.717, 1.165) is 94.0 Å². The number of aromatic amines is 2. The molecule has 0 spiro atoms. The summed E-state index contributed by atoms with van der Waals surface area (Å²) in [5.41, 5.74) is 6.58. The van der Waals surface area contributed by atoms with Gasteiger partial charge in [0, 0.05) is 35.6 Å². The van der Waals surface area contributed by atoms with Gasteiger partial charge in [0.05, 0.1) is 48.7 Å². The van der Waals surface area contributed by atoms with Crippen molar-refractivity contribution in [2.45, 2.75) is 109 Å². The molecule has 0 aliphatic carbocycles. The predicted molar refractivity (Wildman–Crippen MR) is 243 cm³/mol. The zero-order chi connectivity index (χ0) is 44.1. The summed E-state index contributed by atoms with van der Waals surface area (Å²) < 4.78 is 21.9. The van der Waals surface area contributed by atoms with Gasteiger partial charge in [0.25, 0.3) is 0 Å². The fourth-order valence-electron chi connectivity index (χ4n) is 10.1. The number of likely N-dealkylation sites (tertiary alicyclic amines) is 2. The molecule has 0 saturated carbocycles. The van der Waals surface area contributed by atoms with Crippen LogP contribution < -0.4 is 15.4 Å². The van der Waals surface area contributed by atoms with Gasteiger partial charge >= 0.3 is 12.2 Å². The van der Waals surface area contributed by atoms with Gasteiger partial charge in [-0.3, -0.25) is 9.59 Å². The van der Waals surface area contributed by atoms with Gasteiger partial charge in [0.2, 0.25) is 11.8 Å². The molecule has 6 heterocycles. The Balaban J connectivity index is 0.964. The smallest absolute Gasteiger partial charge is 0.417 e. The minimum atomic E-state index is -0.772. The van der Waals surface area contributed by atoms with Crippen molar-refractivity contribution in [3.8, 4) is 28.1 Å². The van der Waals surface area contributed by atoms with Crippen molar-refractivity contribution in [1.29, 1.82) is 0 Å². The Labute approximate surface area is 379 Å². The Morgan fingerprint density at radius 3 is 2.35 bits per heavy atom. The molecular weight excluding hydrogens is 919 g/mol. The number of H-pyrrole nitrogens is 2. The fourth-order valence-corrected chi connectivity index (χ4v) is 10.2. The van der Waals surface area contributed by atoms with E-state index in [-0.39, 0.29) is 47.8 Å². The second-order valence-corrected chi connectivity index (χ2v) is 18.1. The molecule has 4 aliphatic rings. The first kappa shape index (κ1) is 42.9. The number of carbonyl (C=O) groups is 4. The summed E-state index contributed by atoms with van der Waals surface area (Å²) in [7, 11) is 1.29. The first-order chi connectivity index (χ1) is 30.4. The monoisotopic (exact) mass is 972 g/mol. The van der Waals surface area contributed by atoms with Crippen LogP contribution in [0.15, 0.2) is 48.7 Å². The lowest BCUT2D eigenvalue weighted by Crippen LogP contribution is -2.54. The third-order valence-corrected chi connectivity index (χ3v) is 13.8. The second-order valence-electron chi connectivity index (χ2n) is 17.7. The summed E-state index contributed by atoms with van der Waals surface area (Å²) in [4.78, 5) is 73.5. The number of imidazole rings is 2. The van der Waals surface area contributed by atoms with Crippen molar-refractivity contribution in [3.63, 3.8) is 0 Å². The number of rotatable bonds is 9. The van der Waals surface area contributed by atoms with Gasteiger partial charge < -0.3 is 47.7 Å². The number of fused-ring (bicyclic) bond motifs is 6. The number of alkyl carbamates (subject to hydrolysis) is 1. The standard InChI is InChI=1S/C46H53IN8O8/c1-23(2)38(52-45(58)60-5)43(56)54-24(3)8-14-35(54)41-48-20-34(50-41)27-10-12-30-29(17-27)22-62-37-19-31-26(18-32(30)37)11-13-33-40(31)51-42(49-33)36-15-9-25(4)55(36)44(57)39(53-46(59)63-47)28-7-6-16-61-21-28/h10-13,17-20,23-25,28,35-36,38-39H,6-9,14-16,21-22H2,1-5H3,(H,48,50)(H,49,51)(H,52,58)(H,53,59)/t24-,25-,28+,35-,36-,38-,39-/m0/s1. The van der Waals surface area contributed by atoms with Gasteiger partial charge in [-0.25, -0.2) is 19.6 Å². The Hall–Kier alpha value is -5.43. The Bertz CT molecular complexity index is 2570. The average molecular weight is 973 g/mol. The van der Waals surface area contributed by atoms with E-state index in [9.17, 15) is 19.2 Å². The maximum absolute atomic E-state index is 14.4. The van der Waals surface area contributed by atoms with Crippen LogP contribution in [-0.4, -0.2) is 98.2 Å². The third-order valence-electron chi connectivity index (χ3n) is 13.4. The van der Waals surface area contributed by atoms with Crippen LogP contribution in [0, 0.1) is 11.8 Å². The number of nitrogens with one attached hydrogen (secondary N) is 4. The van der Waals surface area contributed by atoms with Crippen LogP contribution in [0.2, 0.25) is 0 Å². The van der Waals surface area contributed by atoms with Crippen LogP contribution in [-0.2, 0) is 28.7 Å². The van der Waals surface area contributed by atoms with Crippen LogP contribution in [0.1, 0.15) is 95.5 Å². The molecule has 16 nitrogen and oxygen atoms in total. The van der Waals surface area contributed by atoms with Crippen molar-refractivity contribution < 1.29 is 36.5 Å². The number of ether oxygens (including phenoxy) is 3. The topological polar surface area (TPSA) is 193 Å². The lowest BCUT2D eigenvalue weighted by Gasteiger charge is -2.35. The SMILES string of the molecule is COC(=O)N[C@H](C(=O)N1[C@@H](C)CC[C@H]1c1ncc(-c2ccc3c(c2)COc2cc4c(ccc5nc([C@@H]6CC[C@H](C)N6C(=O)[C@@H](NC(=O)OI)[C@@H]6CCCOC6)[nH]c54)cc2-3)[nH]1)C(C)C. The number of carbonyl (C=O) groups excluding carboxylic acids is 4. The molecule has 3 saturated heterocycles. The van der Waals surface area contributed by atoms with Crippen LogP contribution in [0.5, 0.6) is 5.75 Å². The van der Waals surface area contributed by atoms with Crippen molar-refractivity contribution in [2.24, 2.45) is 11.8 Å². The van der Waals surface area contributed by atoms with E-state index in [1.165, 1.54) is 30.1 Å². The largest absolute Gasteiger partial charge is 0.488 e. The van der Waals surface area contributed by atoms with Gasteiger partial charge in [0.1, 0.15) is 36.1 Å². The van der Waals surface area contributed by atoms with Crippen molar-refractivity contribution in [2.75, 3.05) is 20.3 Å². The first-order valence-corrected chi connectivity index (χ1v) is 22.8. The van der Waals surface area contributed by atoms with Crippen LogP contribution >= 0.6 is 23.0 Å². The highest BCUT2D eigenvalue weighted by atomic mass is 127. The molecule has 4 aliphatic heterocycles. The molecule has 4 N–H and O–H groups in total. The summed E-state index contributed by atoms with van der Waals surface area (Å²) in [5.74, 6) is 1.59. The molecule has 3 aromatic carbocycles. The summed E-state index contributed by atoms with van der Waals surface area (Å²) in [5, 5.41) is 7.54. The minimum Gasteiger partial charge on any atom is -0.488 e. The summed E-state index contributed by atoms with van der Waals surface area (Å²) in [6.45, 7) is 9.30. The fraction of sp³-hybridized carbons (Fsp3) is 0.478. The van der Waals surface area contributed by atoms with E-state index >= 15 is 0 Å². The molecule has 17 heteroatoms. The van der Waals surface area contributed by atoms with Gasteiger partial charge in [-0.1, -0.05) is 32.0 Å². The highest BCUT2D eigenvalue weighted by Crippen LogP contribution is 2.44. The zero-order valence-electron chi connectivity index (χ0n) is 36.0. The van der Waals surface area contributed by atoms with E-state index in [0.29, 0.717) is 31.5 Å². The molecule has 9 rings (SSSR count). The number of hydrogen-bond donors (Lipinski definition) is 4. The van der Waals surface area contributed by atoms with E-state index < -0.39 is 24.3 Å². The molecule has 63 heavy (non-hydrogen) atoms. The lowest BCUT2D eigenvalue weighted by atomic mass is 9.92. The van der Waals surface area contributed by atoms with Crippen molar-refractivity contribution in [3.05, 3.63) is 65.9 Å². The van der Waals surface area contributed by atoms with E-state index in [1.807, 2.05) is 49.8 Å². The van der Waals surface area contributed by atoms with E-state index in [1.54, 1.807) is 0 Å². The first-order valence-electron chi connectivity index (χ1n) is 21.9. The quantitative estimate of drug-likeness (QED) is 0.105. The van der Waals surface area contributed by atoms with Crippen LogP contribution in [0.25, 0.3) is 44.2 Å². The molecule has 0 unspecified atom stereocenters. The van der Waals surface area contributed by atoms with Crippen molar-refractivity contribution in [1.82, 2.24) is 40.4 Å². The summed E-state index contributed by atoms with van der Waals surface area (Å²) >= 11 is 1.54. The number of nitrogens with zero attached hydrogens (tertiary/aromatic N) is 4. The number of hydrogen-bond acceptors (Lipinski definition) is 10. The number of aromatic nitrogens is 4. The molecule has 4 amide bonds. The van der Waals surface area contributed by atoms with Gasteiger partial charge in [-0.2, -0.15) is 0 Å². The Kier molecular flexibility index (Phi) is 12.0. The normalized spacial score (nSPS) is 22.9. The van der Waals surface area contributed by atoms with Gasteiger partial charge in [-0.05, 0) is 105 Å². The van der Waals surface area contributed by atoms with Crippen LogP contribution in [0.3, 0.4) is 0 Å². The molecule has 332 valence electrons. The number of amides is 4. The van der Waals surface area contributed by atoms with Crippen LogP contribution in [0.4, 0.5) is 9.59 Å². The maximum Gasteiger partial charge on any atom is 0.417 e. The molecular formula is C46H53IN8O8. The predicted octanol–water partition coefficient (Wildman–Crippen LogP) is 8.02. The van der Waals surface area contributed by atoms with Crippen molar-refractivity contribution >= 4 is 68.8 Å². The number of benzene rings is 3. The number of methoxy groups -OCH3 is 1. The second kappa shape index (κ2) is 17.6. The highest BCUT2D eigenvalue weighted by Gasteiger charge is 2.44. The van der Waals surface area contributed by atoms with E-state index in [4.69, 9.17) is 27.2 Å². The van der Waals surface area contributed by atoms with Gasteiger partial charge in [-0.15, -0.1) is 0 Å². The molecule has 0 bridgehead atoms. The van der Waals surface area contributed by atoms with Gasteiger partial charge in [0.15, 0.2) is 23.0 Å². The third kappa shape index (κ3) is 8.06. The molecule has 3 fully saturated rings.